The lowest BCUT2D eigenvalue weighted by atomic mass is 9.85. The van der Waals surface area contributed by atoms with Crippen molar-refractivity contribution in [2.45, 2.75) is 46.1 Å². The molecule has 128 valence electrons. The van der Waals surface area contributed by atoms with Gasteiger partial charge in [0.2, 0.25) is 0 Å². The molecule has 3 heteroatoms. The van der Waals surface area contributed by atoms with Crippen LogP contribution in [0.3, 0.4) is 0 Å². The van der Waals surface area contributed by atoms with Gasteiger partial charge in [-0.3, -0.25) is 0 Å². The number of fused-ring (bicyclic) bond motifs is 1. The fourth-order valence-electron chi connectivity index (χ4n) is 3.39. The number of anilines is 1. The van der Waals surface area contributed by atoms with E-state index in [0.717, 1.165) is 52.1 Å². The third-order valence-electron chi connectivity index (χ3n) is 5.10. The molecule has 0 unspecified atom stereocenters. The average molecular weight is 325 g/mol. The summed E-state index contributed by atoms with van der Waals surface area (Å²) in [4.78, 5) is 2.07. The number of benzene rings is 2. The van der Waals surface area contributed by atoms with Gasteiger partial charge in [0, 0.05) is 30.9 Å². The zero-order valence-corrected chi connectivity index (χ0v) is 15.5. The smallest absolute Gasteiger partial charge is 0.127 e. The van der Waals surface area contributed by atoms with Gasteiger partial charge < -0.3 is 14.7 Å². The fourth-order valence-corrected chi connectivity index (χ4v) is 3.39. The third kappa shape index (κ3) is 2.72. The molecule has 0 spiro atoms. The molecule has 1 aliphatic rings. The average Bonchev–Trinajstić information content (AvgIpc) is 2.53. The van der Waals surface area contributed by atoms with E-state index in [1.54, 1.807) is 0 Å². The van der Waals surface area contributed by atoms with Crippen molar-refractivity contribution in [3.05, 3.63) is 41.0 Å². The largest absolute Gasteiger partial charge is 0.507 e. The molecule has 3 rings (SSSR count). The zero-order valence-electron chi connectivity index (χ0n) is 15.5. The molecular formula is C21H27NO2. The van der Waals surface area contributed by atoms with Gasteiger partial charge in [0.25, 0.3) is 0 Å². The molecule has 2 aromatic carbocycles. The van der Waals surface area contributed by atoms with Gasteiger partial charge in [-0.2, -0.15) is 0 Å². The predicted molar refractivity (Wildman–Crippen MR) is 100 cm³/mol. The van der Waals surface area contributed by atoms with Crippen molar-refractivity contribution in [2.75, 3.05) is 19.0 Å². The van der Waals surface area contributed by atoms with E-state index in [1.807, 2.05) is 27.9 Å². The highest BCUT2D eigenvalue weighted by molar-refractivity contribution is 5.80. The number of phenols is 1. The summed E-state index contributed by atoms with van der Waals surface area (Å²) in [6, 6.07) is 8.34. The van der Waals surface area contributed by atoms with E-state index in [4.69, 9.17) is 4.74 Å². The van der Waals surface area contributed by atoms with Gasteiger partial charge in [-0.05, 0) is 69.4 Å². The highest BCUT2D eigenvalue weighted by atomic mass is 16.5. The molecule has 0 aromatic heterocycles. The molecule has 0 saturated carbocycles. The number of hydrogen-bond acceptors (Lipinski definition) is 3. The Morgan fingerprint density at radius 1 is 1.04 bits per heavy atom. The van der Waals surface area contributed by atoms with Gasteiger partial charge in [-0.15, -0.1) is 0 Å². The second-order valence-corrected chi connectivity index (χ2v) is 7.58. The van der Waals surface area contributed by atoms with Crippen molar-refractivity contribution >= 4 is 5.69 Å². The van der Waals surface area contributed by atoms with Crippen LogP contribution in [0.4, 0.5) is 5.69 Å². The number of ether oxygens (including phenoxy) is 1. The predicted octanol–water partition coefficient (Wildman–Crippen LogP) is 4.85. The lowest BCUT2D eigenvalue weighted by Crippen LogP contribution is -2.33. The summed E-state index contributed by atoms with van der Waals surface area (Å²) in [5.74, 6) is 1.33. The standard InChI is InChI=1S/C21H27NO2/c1-13-14(2)20-17(11-12-21(3,4)24-20)18(19(13)23)15-7-9-16(10-8-15)22(5)6/h7-10,23H,11-12H2,1-6H3. The minimum absolute atomic E-state index is 0.160. The molecule has 1 aliphatic heterocycles. The molecule has 2 aromatic rings. The highest BCUT2D eigenvalue weighted by Gasteiger charge is 2.32. The first-order valence-corrected chi connectivity index (χ1v) is 8.53. The Labute approximate surface area is 144 Å². The Kier molecular flexibility index (Phi) is 3.98. The number of hydrogen-bond donors (Lipinski definition) is 1. The van der Waals surface area contributed by atoms with Gasteiger partial charge in [0.05, 0.1) is 0 Å². The first-order valence-electron chi connectivity index (χ1n) is 8.53. The van der Waals surface area contributed by atoms with Gasteiger partial charge in [0.1, 0.15) is 17.1 Å². The summed E-state index contributed by atoms with van der Waals surface area (Å²) in [7, 11) is 4.06. The number of aromatic hydroxyl groups is 1. The first kappa shape index (κ1) is 16.7. The van der Waals surface area contributed by atoms with E-state index in [1.165, 1.54) is 0 Å². The van der Waals surface area contributed by atoms with Crippen LogP contribution in [0.15, 0.2) is 24.3 Å². The molecule has 0 bridgehead atoms. The number of phenolic OH excluding ortho intramolecular Hbond substituents is 1. The molecule has 0 fully saturated rings. The summed E-state index contributed by atoms with van der Waals surface area (Å²) in [5, 5.41) is 10.8. The topological polar surface area (TPSA) is 32.7 Å². The summed E-state index contributed by atoms with van der Waals surface area (Å²) in [5.41, 5.74) is 6.03. The lowest BCUT2D eigenvalue weighted by molar-refractivity contribution is 0.0836. The zero-order chi connectivity index (χ0) is 17.6. The summed E-state index contributed by atoms with van der Waals surface area (Å²) in [6.07, 6.45) is 1.87. The van der Waals surface area contributed by atoms with Crippen molar-refractivity contribution in [1.82, 2.24) is 0 Å². The minimum atomic E-state index is -0.160. The maximum atomic E-state index is 10.8. The molecule has 0 amide bonds. The second kappa shape index (κ2) is 5.73. The fraction of sp³-hybridized carbons (Fsp3) is 0.429. The van der Waals surface area contributed by atoms with Crippen LogP contribution in [0.25, 0.3) is 11.1 Å². The summed E-state index contributed by atoms with van der Waals surface area (Å²) in [6.45, 7) is 8.26. The Bertz CT molecular complexity index is 774. The van der Waals surface area contributed by atoms with E-state index in [-0.39, 0.29) is 5.60 Å². The van der Waals surface area contributed by atoms with Crippen molar-refractivity contribution in [3.8, 4) is 22.6 Å². The van der Waals surface area contributed by atoms with Crippen LogP contribution in [0.5, 0.6) is 11.5 Å². The number of rotatable bonds is 2. The Morgan fingerprint density at radius 2 is 1.67 bits per heavy atom. The van der Waals surface area contributed by atoms with Gasteiger partial charge in [-0.25, -0.2) is 0 Å². The quantitative estimate of drug-likeness (QED) is 0.857. The maximum absolute atomic E-state index is 10.8. The second-order valence-electron chi connectivity index (χ2n) is 7.58. The van der Waals surface area contributed by atoms with Crippen LogP contribution >= 0.6 is 0 Å². The van der Waals surface area contributed by atoms with E-state index in [2.05, 4.69) is 43.0 Å². The van der Waals surface area contributed by atoms with Crippen LogP contribution in [0, 0.1) is 13.8 Å². The molecule has 1 heterocycles. The van der Waals surface area contributed by atoms with Crippen LogP contribution in [-0.2, 0) is 6.42 Å². The number of nitrogens with zero attached hydrogens (tertiary/aromatic N) is 1. The summed E-state index contributed by atoms with van der Waals surface area (Å²) < 4.78 is 6.29. The molecule has 3 nitrogen and oxygen atoms in total. The normalized spacial score (nSPS) is 15.6. The Hall–Kier alpha value is -2.16. The summed E-state index contributed by atoms with van der Waals surface area (Å²) >= 11 is 0. The lowest BCUT2D eigenvalue weighted by Gasteiger charge is -2.35. The Balaban J connectivity index is 2.20. The van der Waals surface area contributed by atoms with E-state index in [9.17, 15) is 5.11 Å². The third-order valence-corrected chi connectivity index (χ3v) is 5.10. The van der Waals surface area contributed by atoms with Crippen LogP contribution in [0.2, 0.25) is 0 Å². The van der Waals surface area contributed by atoms with Crippen LogP contribution in [-0.4, -0.2) is 24.8 Å². The highest BCUT2D eigenvalue weighted by Crippen LogP contribution is 2.47. The minimum Gasteiger partial charge on any atom is -0.507 e. The van der Waals surface area contributed by atoms with E-state index in [0.29, 0.717) is 5.75 Å². The van der Waals surface area contributed by atoms with Gasteiger partial charge in [-0.1, -0.05) is 12.1 Å². The molecule has 0 aliphatic carbocycles. The molecular weight excluding hydrogens is 298 g/mol. The monoisotopic (exact) mass is 325 g/mol. The Morgan fingerprint density at radius 3 is 2.25 bits per heavy atom. The molecule has 24 heavy (non-hydrogen) atoms. The first-order chi connectivity index (χ1) is 11.2. The van der Waals surface area contributed by atoms with Crippen molar-refractivity contribution in [2.24, 2.45) is 0 Å². The van der Waals surface area contributed by atoms with Crippen molar-refractivity contribution in [3.63, 3.8) is 0 Å². The SMILES string of the molecule is Cc1c(C)c2c(c(-c3ccc(N(C)C)cc3)c1O)CCC(C)(C)O2. The molecule has 0 saturated heterocycles. The van der Waals surface area contributed by atoms with E-state index < -0.39 is 0 Å². The van der Waals surface area contributed by atoms with Crippen molar-refractivity contribution < 1.29 is 9.84 Å². The van der Waals surface area contributed by atoms with Gasteiger partial charge >= 0.3 is 0 Å². The van der Waals surface area contributed by atoms with Crippen molar-refractivity contribution in [1.29, 1.82) is 0 Å². The van der Waals surface area contributed by atoms with Crippen LogP contribution < -0.4 is 9.64 Å². The maximum Gasteiger partial charge on any atom is 0.127 e. The van der Waals surface area contributed by atoms with Gasteiger partial charge in [0.15, 0.2) is 0 Å². The molecule has 0 atom stereocenters. The van der Waals surface area contributed by atoms with Crippen LogP contribution in [0.1, 0.15) is 37.0 Å². The van der Waals surface area contributed by atoms with E-state index >= 15 is 0 Å². The molecule has 0 radical (unpaired) electrons. The molecule has 1 N–H and O–H groups in total.